The van der Waals surface area contributed by atoms with Crippen LogP contribution in [-0.2, 0) is 22.6 Å². The van der Waals surface area contributed by atoms with Gasteiger partial charge in [-0.2, -0.15) is 0 Å². The van der Waals surface area contributed by atoms with E-state index in [-0.39, 0.29) is 24.0 Å². The predicted octanol–water partition coefficient (Wildman–Crippen LogP) is 3.50. The molecule has 0 aromatic heterocycles. The van der Waals surface area contributed by atoms with Crippen molar-refractivity contribution >= 4 is 22.6 Å². The monoisotopic (exact) mass is 445 g/mol. The zero-order valence-electron chi connectivity index (χ0n) is 19.2. The standard InChI is InChI=1S/C27H31N3O3/c1-3-28-26(31)25-15-24(29-16-19-8-12-22(13-9-19)27(32)33-2)18-30(25)17-20-10-11-21-6-4-5-7-23(21)14-20/h4-14,24-25,29H,3,15-18H2,1-2H3,(H,28,31)/t24-,25+/m1/s1. The molecule has 3 aromatic carbocycles. The molecule has 0 aliphatic carbocycles. The van der Waals surface area contributed by atoms with E-state index < -0.39 is 0 Å². The van der Waals surface area contributed by atoms with E-state index in [4.69, 9.17) is 4.74 Å². The summed E-state index contributed by atoms with van der Waals surface area (Å²) in [6, 6.07) is 22.3. The normalized spacial score (nSPS) is 18.4. The van der Waals surface area contributed by atoms with E-state index in [1.807, 2.05) is 25.1 Å². The summed E-state index contributed by atoms with van der Waals surface area (Å²) >= 11 is 0. The summed E-state index contributed by atoms with van der Waals surface area (Å²) < 4.78 is 4.76. The van der Waals surface area contributed by atoms with Gasteiger partial charge in [-0.25, -0.2) is 4.79 Å². The maximum atomic E-state index is 12.8. The number of nitrogens with one attached hydrogen (secondary N) is 2. The van der Waals surface area contributed by atoms with Crippen molar-refractivity contribution < 1.29 is 14.3 Å². The highest BCUT2D eigenvalue weighted by atomic mass is 16.5. The molecular weight excluding hydrogens is 414 g/mol. The second-order valence-corrected chi connectivity index (χ2v) is 8.52. The van der Waals surface area contributed by atoms with Gasteiger partial charge in [0, 0.05) is 32.2 Å². The number of methoxy groups -OCH3 is 1. The van der Waals surface area contributed by atoms with Crippen molar-refractivity contribution in [1.29, 1.82) is 0 Å². The van der Waals surface area contributed by atoms with Crippen LogP contribution in [0.4, 0.5) is 0 Å². The molecule has 0 bridgehead atoms. The molecule has 1 aliphatic heterocycles. The van der Waals surface area contributed by atoms with Crippen LogP contribution < -0.4 is 10.6 Å². The maximum Gasteiger partial charge on any atom is 0.337 e. The number of hydrogen-bond acceptors (Lipinski definition) is 5. The molecule has 1 fully saturated rings. The van der Waals surface area contributed by atoms with Crippen LogP contribution in [0, 0.1) is 0 Å². The fourth-order valence-electron chi connectivity index (χ4n) is 4.50. The van der Waals surface area contributed by atoms with Crippen molar-refractivity contribution in [2.45, 2.75) is 38.5 Å². The maximum absolute atomic E-state index is 12.8. The van der Waals surface area contributed by atoms with E-state index in [2.05, 4.69) is 51.9 Å². The van der Waals surface area contributed by atoms with Gasteiger partial charge in [-0.15, -0.1) is 0 Å². The Labute approximate surface area is 194 Å². The van der Waals surface area contributed by atoms with Crippen LogP contribution in [0.2, 0.25) is 0 Å². The molecule has 33 heavy (non-hydrogen) atoms. The summed E-state index contributed by atoms with van der Waals surface area (Å²) in [4.78, 5) is 26.7. The lowest BCUT2D eigenvalue weighted by atomic mass is 10.1. The van der Waals surface area contributed by atoms with Crippen LogP contribution in [0.1, 0.15) is 34.8 Å². The third-order valence-corrected chi connectivity index (χ3v) is 6.23. The quantitative estimate of drug-likeness (QED) is 0.520. The molecule has 2 N–H and O–H groups in total. The number of rotatable bonds is 8. The van der Waals surface area contributed by atoms with Crippen LogP contribution in [0.25, 0.3) is 10.8 Å². The van der Waals surface area contributed by atoms with E-state index in [1.54, 1.807) is 12.1 Å². The minimum absolute atomic E-state index is 0.0880. The van der Waals surface area contributed by atoms with Crippen molar-refractivity contribution in [2.75, 3.05) is 20.2 Å². The number of esters is 1. The Kier molecular flexibility index (Phi) is 7.37. The fraction of sp³-hybridized carbons (Fsp3) is 0.333. The number of fused-ring (bicyclic) bond motifs is 1. The molecule has 0 saturated carbocycles. The van der Waals surface area contributed by atoms with Crippen molar-refractivity contribution in [1.82, 2.24) is 15.5 Å². The predicted molar refractivity (Wildman–Crippen MR) is 130 cm³/mol. The van der Waals surface area contributed by atoms with E-state index in [0.29, 0.717) is 18.7 Å². The van der Waals surface area contributed by atoms with E-state index in [1.165, 1.54) is 23.4 Å². The van der Waals surface area contributed by atoms with Crippen LogP contribution in [0.15, 0.2) is 66.7 Å². The van der Waals surface area contributed by atoms with E-state index in [0.717, 1.165) is 25.1 Å². The number of carbonyl (C=O) groups is 2. The Morgan fingerprint density at radius 3 is 2.45 bits per heavy atom. The summed E-state index contributed by atoms with van der Waals surface area (Å²) in [5, 5.41) is 9.03. The topological polar surface area (TPSA) is 70.7 Å². The number of amides is 1. The van der Waals surface area contributed by atoms with E-state index >= 15 is 0 Å². The first kappa shape index (κ1) is 23.0. The summed E-state index contributed by atoms with van der Waals surface area (Å²) in [6.45, 7) is 4.80. The Bertz CT molecular complexity index is 1110. The first-order valence-corrected chi connectivity index (χ1v) is 11.5. The van der Waals surface area contributed by atoms with Gasteiger partial charge in [0.25, 0.3) is 0 Å². The Morgan fingerprint density at radius 1 is 1.00 bits per heavy atom. The number of carbonyl (C=O) groups excluding carboxylic acids is 2. The number of hydrogen-bond donors (Lipinski definition) is 2. The number of nitrogens with zero attached hydrogens (tertiary/aromatic N) is 1. The zero-order chi connectivity index (χ0) is 23.2. The fourth-order valence-corrected chi connectivity index (χ4v) is 4.50. The van der Waals surface area contributed by atoms with Gasteiger partial charge in [0.1, 0.15) is 0 Å². The molecule has 1 amide bonds. The van der Waals surface area contributed by atoms with Crippen LogP contribution >= 0.6 is 0 Å². The Morgan fingerprint density at radius 2 is 1.73 bits per heavy atom. The minimum atomic E-state index is -0.334. The summed E-state index contributed by atoms with van der Waals surface area (Å²) in [6.07, 6.45) is 0.764. The summed E-state index contributed by atoms with van der Waals surface area (Å²) in [7, 11) is 1.38. The van der Waals surface area contributed by atoms with Gasteiger partial charge in [0.05, 0.1) is 18.7 Å². The highest BCUT2D eigenvalue weighted by Gasteiger charge is 2.36. The molecule has 1 aliphatic rings. The van der Waals surface area contributed by atoms with Gasteiger partial charge in [-0.1, -0.05) is 48.5 Å². The van der Waals surface area contributed by atoms with Crippen molar-refractivity contribution in [2.24, 2.45) is 0 Å². The number of ether oxygens (including phenoxy) is 1. The molecule has 6 nitrogen and oxygen atoms in total. The van der Waals surface area contributed by atoms with Gasteiger partial charge >= 0.3 is 5.97 Å². The van der Waals surface area contributed by atoms with Crippen LogP contribution in [0.3, 0.4) is 0 Å². The second-order valence-electron chi connectivity index (χ2n) is 8.52. The molecule has 172 valence electrons. The third-order valence-electron chi connectivity index (χ3n) is 6.23. The molecule has 2 atom stereocenters. The average molecular weight is 446 g/mol. The van der Waals surface area contributed by atoms with Crippen LogP contribution in [0.5, 0.6) is 0 Å². The summed E-state index contributed by atoms with van der Waals surface area (Å²) in [5.74, 6) is -0.246. The second kappa shape index (κ2) is 10.6. The third kappa shape index (κ3) is 5.59. The first-order chi connectivity index (χ1) is 16.1. The highest BCUT2D eigenvalue weighted by molar-refractivity contribution is 5.89. The average Bonchev–Trinajstić information content (AvgIpc) is 3.25. The molecule has 0 unspecified atom stereocenters. The SMILES string of the molecule is CCNC(=O)[C@@H]1C[C@@H](NCc2ccc(C(=O)OC)cc2)CN1Cc1ccc2ccccc2c1. The molecule has 6 heteroatoms. The largest absolute Gasteiger partial charge is 0.465 e. The van der Waals surface area contributed by atoms with Crippen molar-refractivity contribution in [3.63, 3.8) is 0 Å². The van der Waals surface area contributed by atoms with Gasteiger partial charge in [-0.05, 0) is 53.4 Å². The lowest BCUT2D eigenvalue weighted by Gasteiger charge is -2.23. The van der Waals surface area contributed by atoms with Gasteiger partial charge in [-0.3, -0.25) is 9.69 Å². The number of benzene rings is 3. The molecular formula is C27H31N3O3. The molecule has 0 radical (unpaired) electrons. The summed E-state index contributed by atoms with van der Waals surface area (Å²) in [5.41, 5.74) is 2.84. The number of likely N-dealkylation sites (tertiary alicyclic amines) is 1. The van der Waals surface area contributed by atoms with Gasteiger partial charge in [0.15, 0.2) is 0 Å². The molecule has 1 heterocycles. The lowest BCUT2D eigenvalue weighted by molar-refractivity contribution is -0.125. The Hall–Kier alpha value is -3.22. The smallest absolute Gasteiger partial charge is 0.337 e. The van der Waals surface area contributed by atoms with Crippen molar-refractivity contribution in [3.8, 4) is 0 Å². The molecule has 0 spiro atoms. The highest BCUT2D eigenvalue weighted by Crippen LogP contribution is 2.23. The van der Waals surface area contributed by atoms with Crippen LogP contribution in [-0.4, -0.2) is 49.1 Å². The van der Waals surface area contributed by atoms with Crippen molar-refractivity contribution in [3.05, 3.63) is 83.4 Å². The first-order valence-electron chi connectivity index (χ1n) is 11.5. The minimum Gasteiger partial charge on any atom is -0.465 e. The Balaban J connectivity index is 1.42. The molecule has 4 rings (SSSR count). The lowest BCUT2D eigenvalue weighted by Crippen LogP contribution is -2.42. The van der Waals surface area contributed by atoms with Gasteiger partial charge in [0.2, 0.25) is 5.91 Å². The molecule has 3 aromatic rings. The molecule has 1 saturated heterocycles. The number of likely N-dealkylation sites (N-methyl/N-ethyl adjacent to an activating group) is 1. The zero-order valence-corrected chi connectivity index (χ0v) is 19.2. The van der Waals surface area contributed by atoms with E-state index in [9.17, 15) is 9.59 Å². The van der Waals surface area contributed by atoms with Gasteiger partial charge < -0.3 is 15.4 Å².